The van der Waals surface area contributed by atoms with Crippen LogP contribution < -0.4 is 5.11 Å². The van der Waals surface area contributed by atoms with E-state index in [1.807, 2.05) is 14.1 Å². The molecule has 0 spiro atoms. The van der Waals surface area contributed by atoms with Gasteiger partial charge in [0.25, 0.3) is 0 Å². The molecule has 0 unspecified atom stereocenters. The van der Waals surface area contributed by atoms with E-state index in [1.54, 1.807) is 0 Å². The summed E-state index contributed by atoms with van der Waals surface area (Å²) < 4.78 is 0.542. The van der Waals surface area contributed by atoms with Gasteiger partial charge in [-0.1, -0.05) is 50.9 Å². The van der Waals surface area contributed by atoms with E-state index in [2.05, 4.69) is 32.7 Å². The lowest BCUT2D eigenvalue weighted by molar-refractivity contribution is -0.884. The monoisotopic (exact) mass is 303 g/mol. The Morgan fingerprint density at radius 2 is 1.53 bits per heavy atom. The molecular weight excluding hydrogens is 270 g/mol. The highest BCUT2D eigenvalue weighted by Crippen LogP contribution is 2.24. The first-order chi connectivity index (χ1) is 8.33. The zero-order valence-corrected chi connectivity index (χ0v) is 16.0. The summed E-state index contributed by atoms with van der Waals surface area (Å²) in [5, 5.41) is 10.7. The van der Waals surface area contributed by atoms with Gasteiger partial charge in [0.2, 0.25) is 0 Å². The second-order valence-electron chi connectivity index (χ2n) is 8.52. The Labute approximate surface area is 121 Å². The molecule has 0 aliphatic carbocycles. The van der Waals surface area contributed by atoms with Crippen molar-refractivity contribution in [3.05, 3.63) is 0 Å². The molecule has 19 heavy (non-hydrogen) atoms. The first kappa shape index (κ1) is 18.9. The predicted molar refractivity (Wildman–Crippen MR) is 86.7 cm³/mol. The summed E-state index contributed by atoms with van der Waals surface area (Å²) in [6.45, 7) is 13.3. The van der Waals surface area contributed by atoms with Crippen molar-refractivity contribution in [3.8, 4) is 0 Å². The van der Waals surface area contributed by atoms with E-state index in [1.165, 1.54) is 18.1 Å². The van der Waals surface area contributed by atoms with Gasteiger partial charge in [-0.25, -0.2) is 0 Å². The van der Waals surface area contributed by atoms with Gasteiger partial charge in [0.15, 0.2) is 0 Å². The number of carbonyl (C=O) groups is 1. The third-order valence-electron chi connectivity index (χ3n) is 3.73. The molecule has 0 aromatic heterocycles. The van der Waals surface area contributed by atoms with E-state index < -0.39 is 22.1 Å². The maximum absolute atomic E-state index is 10.7. The summed E-state index contributed by atoms with van der Waals surface area (Å²) in [4.78, 5) is 10.7. The van der Waals surface area contributed by atoms with Crippen LogP contribution in [0.15, 0.2) is 0 Å². The predicted octanol–water partition coefficient (Wildman–Crippen LogP) is 2.25. The van der Waals surface area contributed by atoms with Crippen LogP contribution >= 0.6 is 0 Å². The molecule has 0 aliphatic heterocycles. The Kier molecular flexibility index (Phi) is 6.99. The third kappa shape index (κ3) is 11.4. The van der Waals surface area contributed by atoms with Gasteiger partial charge < -0.3 is 14.4 Å². The molecule has 0 radical (unpaired) electrons. The Bertz CT molecular complexity index is 296. The number of carboxylic acids is 1. The van der Waals surface area contributed by atoms with Crippen LogP contribution in [-0.4, -0.2) is 53.8 Å². The highest BCUT2D eigenvalue weighted by molar-refractivity contribution is 6.82. The van der Waals surface area contributed by atoms with Crippen LogP contribution in [0.5, 0.6) is 0 Å². The van der Waals surface area contributed by atoms with Crippen LogP contribution in [0.1, 0.15) is 6.42 Å². The summed E-state index contributed by atoms with van der Waals surface area (Å²) >= 11 is 0. The zero-order chi connectivity index (χ0) is 15.3. The van der Waals surface area contributed by atoms with Crippen molar-refractivity contribution in [2.75, 3.05) is 27.2 Å². The number of carboxylic acid groups (broad SMARTS) is 1. The van der Waals surface area contributed by atoms with E-state index >= 15 is 0 Å². The fourth-order valence-electron chi connectivity index (χ4n) is 2.25. The Morgan fingerprint density at radius 1 is 1.00 bits per heavy atom. The first-order valence-corrected chi connectivity index (χ1v) is 14.5. The summed E-state index contributed by atoms with van der Waals surface area (Å²) in [5.41, 5.74) is 0. The van der Waals surface area contributed by atoms with Crippen molar-refractivity contribution in [2.45, 2.75) is 57.3 Å². The second kappa shape index (κ2) is 7.04. The van der Waals surface area contributed by atoms with Crippen LogP contribution in [0, 0.1) is 0 Å². The smallest absolute Gasteiger partial charge is 0.119 e. The maximum atomic E-state index is 10.7. The van der Waals surface area contributed by atoms with Gasteiger partial charge >= 0.3 is 0 Å². The molecule has 0 N–H and O–H groups in total. The molecule has 0 heterocycles. The lowest BCUT2D eigenvalue weighted by atomic mass is 10.3. The van der Waals surface area contributed by atoms with Crippen molar-refractivity contribution in [3.63, 3.8) is 0 Å². The molecule has 0 aliphatic rings. The summed E-state index contributed by atoms with van der Waals surface area (Å²) in [7, 11) is 1.95. The van der Waals surface area contributed by atoms with Crippen molar-refractivity contribution >= 4 is 22.1 Å². The van der Waals surface area contributed by atoms with E-state index in [0.29, 0.717) is 4.48 Å². The Balaban J connectivity index is 4.07. The quantitative estimate of drug-likeness (QED) is 0.484. The van der Waals surface area contributed by atoms with E-state index in [4.69, 9.17) is 0 Å². The minimum atomic E-state index is -1.09. The molecule has 3 nitrogen and oxygen atoms in total. The fraction of sp³-hybridized carbons (Fsp3) is 0.929. The molecular formula is C14H33NO2Si2. The topological polar surface area (TPSA) is 40.1 Å². The van der Waals surface area contributed by atoms with Gasteiger partial charge in [-0.15, -0.1) is 0 Å². The van der Waals surface area contributed by atoms with Crippen LogP contribution in [0.2, 0.25) is 50.9 Å². The number of nitrogens with zero attached hydrogens (tertiary/aromatic N) is 1. The van der Waals surface area contributed by atoms with Crippen LogP contribution in [0.4, 0.5) is 0 Å². The number of hydrogen-bond donors (Lipinski definition) is 0. The molecule has 114 valence electrons. The van der Waals surface area contributed by atoms with Crippen molar-refractivity contribution in [2.24, 2.45) is 0 Å². The summed E-state index contributed by atoms with van der Waals surface area (Å²) in [5.74, 6) is -0.944. The van der Waals surface area contributed by atoms with E-state index in [0.717, 1.165) is 13.0 Å². The highest BCUT2D eigenvalue weighted by Gasteiger charge is 2.25. The number of rotatable bonds is 9. The minimum absolute atomic E-state index is 0.122. The lowest BCUT2D eigenvalue weighted by Crippen LogP contribution is -2.49. The fourth-order valence-corrected chi connectivity index (χ4v) is 9.32. The van der Waals surface area contributed by atoms with E-state index in [9.17, 15) is 9.90 Å². The number of quaternary nitrogens is 1. The molecule has 0 bridgehead atoms. The average molecular weight is 304 g/mol. The molecule has 0 aromatic rings. The normalized spacial score (nSPS) is 13.6. The molecule has 0 atom stereocenters. The minimum Gasteiger partial charge on any atom is -0.544 e. The number of likely N-dealkylation sites (N-methyl/N-ethyl adjacent to an activating group) is 1. The van der Waals surface area contributed by atoms with Gasteiger partial charge in [-0.3, -0.25) is 0 Å². The van der Waals surface area contributed by atoms with Gasteiger partial charge in [-0.2, -0.15) is 0 Å². The molecule has 0 amide bonds. The second-order valence-corrected chi connectivity index (χ2v) is 19.5. The van der Waals surface area contributed by atoms with Crippen molar-refractivity contribution in [1.29, 1.82) is 0 Å². The molecule has 0 fully saturated rings. The largest absolute Gasteiger partial charge is 0.544 e. The third-order valence-corrected chi connectivity index (χ3v) is 9.29. The SMILES string of the molecule is C[N+](C)(CCC[Si](C)(C)CC[Si](C)(C)C)CC(=O)[O-]. The molecule has 0 rings (SSSR count). The van der Waals surface area contributed by atoms with Gasteiger partial charge in [0.05, 0.1) is 26.6 Å². The maximum Gasteiger partial charge on any atom is 0.119 e. The number of aliphatic carboxylic acids is 1. The highest BCUT2D eigenvalue weighted by atomic mass is 28.3. The van der Waals surface area contributed by atoms with Crippen molar-refractivity contribution < 1.29 is 14.4 Å². The lowest BCUT2D eigenvalue weighted by Gasteiger charge is -2.32. The summed E-state index contributed by atoms with van der Waals surface area (Å²) in [6.07, 6.45) is 1.14. The van der Waals surface area contributed by atoms with Gasteiger partial charge in [-0.05, 0) is 6.42 Å². The summed E-state index contributed by atoms with van der Waals surface area (Å²) in [6, 6.07) is 4.17. The average Bonchev–Trinajstić information content (AvgIpc) is 2.10. The van der Waals surface area contributed by atoms with Crippen molar-refractivity contribution in [1.82, 2.24) is 0 Å². The van der Waals surface area contributed by atoms with Crippen LogP contribution in [0.25, 0.3) is 0 Å². The molecule has 0 saturated carbocycles. The first-order valence-electron chi connectivity index (χ1n) is 7.35. The van der Waals surface area contributed by atoms with Gasteiger partial charge in [0.1, 0.15) is 6.54 Å². The molecule has 0 saturated heterocycles. The van der Waals surface area contributed by atoms with Crippen LogP contribution in [0.3, 0.4) is 0 Å². The number of carbonyl (C=O) groups excluding carboxylic acids is 1. The van der Waals surface area contributed by atoms with E-state index in [-0.39, 0.29) is 6.54 Å². The Hall–Kier alpha value is -0.136. The number of hydrogen-bond acceptors (Lipinski definition) is 2. The standard InChI is InChI=1S/C14H33NO2Si2/c1-15(2,13-14(16)17)9-8-10-19(6,7)12-11-18(3,4)5/h8-13H2,1-7H3. The van der Waals surface area contributed by atoms with Crippen LogP contribution in [-0.2, 0) is 4.79 Å². The molecule has 5 heteroatoms. The van der Waals surface area contributed by atoms with Gasteiger partial charge in [0, 0.05) is 16.1 Å². The molecule has 0 aromatic carbocycles. The Morgan fingerprint density at radius 3 is 1.95 bits per heavy atom. The zero-order valence-electron chi connectivity index (χ0n) is 14.0.